The van der Waals surface area contributed by atoms with E-state index in [4.69, 9.17) is 9.15 Å². The molecule has 1 aromatic carbocycles. The third-order valence-electron chi connectivity index (χ3n) is 3.28. The average molecular weight is 395 g/mol. The van der Waals surface area contributed by atoms with Gasteiger partial charge in [0.2, 0.25) is 5.91 Å². The van der Waals surface area contributed by atoms with Crippen molar-refractivity contribution in [2.45, 2.75) is 13.3 Å². The van der Waals surface area contributed by atoms with Crippen LogP contribution in [-0.4, -0.2) is 36.9 Å². The Kier molecular flexibility index (Phi) is 6.43. The maximum Gasteiger partial charge on any atom is 0.290 e. The molecule has 0 fully saturated rings. The largest absolute Gasteiger partial charge is 0.495 e. The summed E-state index contributed by atoms with van der Waals surface area (Å²) in [6.45, 7) is 2.33. The topological polar surface area (TPSA) is 71.8 Å². The van der Waals surface area contributed by atoms with Crippen molar-refractivity contribution < 1.29 is 18.7 Å². The summed E-state index contributed by atoms with van der Waals surface area (Å²) in [6, 6.07) is 10.3. The number of carbonyl (C=O) groups is 2. The molecule has 0 radical (unpaired) electrons. The van der Waals surface area contributed by atoms with Crippen molar-refractivity contribution in [1.82, 2.24) is 4.90 Å². The molecule has 1 N–H and O–H groups in total. The van der Waals surface area contributed by atoms with Gasteiger partial charge < -0.3 is 19.4 Å². The number of amides is 2. The third kappa shape index (κ3) is 4.61. The van der Waals surface area contributed by atoms with Crippen LogP contribution in [0.5, 0.6) is 5.75 Å². The zero-order chi connectivity index (χ0) is 17.5. The van der Waals surface area contributed by atoms with Crippen LogP contribution in [0.1, 0.15) is 23.9 Å². The van der Waals surface area contributed by atoms with Gasteiger partial charge in [0.15, 0.2) is 10.4 Å². The van der Waals surface area contributed by atoms with Crippen LogP contribution in [0.15, 0.2) is 45.5 Å². The standard InChI is InChI=1S/C17H19BrN2O4/c1-3-10-20(17(22)14-8-9-15(18)24-14)11-16(21)19-12-6-4-5-7-13(12)23-2/h4-9H,3,10-11H2,1-2H3,(H,19,21). The lowest BCUT2D eigenvalue weighted by atomic mass is 10.3. The third-order valence-corrected chi connectivity index (χ3v) is 3.71. The fourth-order valence-corrected chi connectivity index (χ4v) is 2.52. The number of ether oxygens (including phenoxy) is 1. The van der Waals surface area contributed by atoms with Gasteiger partial charge in [-0.25, -0.2) is 0 Å². The molecule has 2 aromatic rings. The lowest BCUT2D eigenvalue weighted by Gasteiger charge is -2.20. The monoisotopic (exact) mass is 394 g/mol. The summed E-state index contributed by atoms with van der Waals surface area (Å²) in [4.78, 5) is 26.2. The molecular weight excluding hydrogens is 376 g/mol. The Morgan fingerprint density at radius 1 is 1.25 bits per heavy atom. The number of carbonyl (C=O) groups excluding carboxylic acids is 2. The van der Waals surface area contributed by atoms with Gasteiger partial charge >= 0.3 is 0 Å². The summed E-state index contributed by atoms with van der Waals surface area (Å²) in [5.74, 6) is 0.138. The molecule has 0 aliphatic carbocycles. The number of nitrogens with one attached hydrogen (secondary N) is 1. The molecule has 0 unspecified atom stereocenters. The molecule has 7 heteroatoms. The van der Waals surface area contributed by atoms with Crippen molar-refractivity contribution in [2.75, 3.05) is 25.5 Å². The van der Waals surface area contributed by atoms with Gasteiger partial charge in [0.25, 0.3) is 5.91 Å². The highest BCUT2D eigenvalue weighted by atomic mass is 79.9. The predicted molar refractivity (Wildman–Crippen MR) is 94.2 cm³/mol. The maximum atomic E-state index is 12.5. The Bertz CT molecular complexity index is 714. The van der Waals surface area contributed by atoms with E-state index < -0.39 is 0 Å². The van der Waals surface area contributed by atoms with E-state index in [1.165, 1.54) is 12.0 Å². The van der Waals surface area contributed by atoms with Crippen molar-refractivity contribution in [3.8, 4) is 5.75 Å². The molecule has 0 aliphatic rings. The highest BCUT2D eigenvalue weighted by Gasteiger charge is 2.21. The van der Waals surface area contributed by atoms with Gasteiger partial charge in [-0.3, -0.25) is 9.59 Å². The first-order valence-corrected chi connectivity index (χ1v) is 8.32. The molecule has 1 aromatic heterocycles. The Morgan fingerprint density at radius 2 is 2.00 bits per heavy atom. The number of benzene rings is 1. The van der Waals surface area contributed by atoms with Crippen LogP contribution in [0.2, 0.25) is 0 Å². The van der Waals surface area contributed by atoms with Gasteiger partial charge in [-0.15, -0.1) is 0 Å². The van der Waals surface area contributed by atoms with E-state index in [0.29, 0.717) is 22.7 Å². The second-order valence-corrected chi connectivity index (χ2v) is 5.86. The van der Waals surface area contributed by atoms with Crippen molar-refractivity contribution in [3.05, 3.63) is 46.8 Å². The summed E-state index contributed by atoms with van der Waals surface area (Å²) >= 11 is 3.17. The minimum Gasteiger partial charge on any atom is -0.495 e. The normalized spacial score (nSPS) is 10.3. The zero-order valence-electron chi connectivity index (χ0n) is 13.5. The lowest BCUT2D eigenvalue weighted by Crippen LogP contribution is -2.38. The first-order chi connectivity index (χ1) is 11.5. The number of furan rings is 1. The number of hydrogen-bond donors (Lipinski definition) is 1. The van der Waals surface area contributed by atoms with Gasteiger partial charge in [0, 0.05) is 6.54 Å². The number of para-hydroxylation sites is 2. The number of halogens is 1. The molecule has 128 valence electrons. The van der Waals surface area contributed by atoms with Crippen LogP contribution in [-0.2, 0) is 4.79 Å². The summed E-state index contributed by atoms with van der Waals surface area (Å²) in [6.07, 6.45) is 0.732. The molecule has 0 aliphatic heterocycles. The molecule has 6 nitrogen and oxygen atoms in total. The molecule has 2 amide bonds. The first-order valence-electron chi connectivity index (χ1n) is 7.52. The molecule has 0 saturated heterocycles. The number of rotatable bonds is 7. The fraction of sp³-hybridized carbons (Fsp3) is 0.294. The van der Waals surface area contributed by atoms with Gasteiger partial charge in [0.1, 0.15) is 12.3 Å². The number of anilines is 1. The van der Waals surface area contributed by atoms with Crippen LogP contribution >= 0.6 is 15.9 Å². The van der Waals surface area contributed by atoms with Gasteiger partial charge in [-0.1, -0.05) is 19.1 Å². The highest BCUT2D eigenvalue weighted by Crippen LogP contribution is 2.23. The van der Waals surface area contributed by atoms with E-state index in [1.807, 2.05) is 13.0 Å². The minimum atomic E-state index is -0.322. The van der Waals surface area contributed by atoms with Gasteiger partial charge in [0.05, 0.1) is 12.8 Å². The van der Waals surface area contributed by atoms with Crippen molar-refractivity contribution in [1.29, 1.82) is 0 Å². The molecule has 0 atom stereocenters. The van der Waals surface area contributed by atoms with Crippen LogP contribution in [0.4, 0.5) is 5.69 Å². The summed E-state index contributed by atoms with van der Waals surface area (Å²) in [7, 11) is 1.53. The van der Waals surface area contributed by atoms with Crippen LogP contribution in [0, 0.1) is 0 Å². The Balaban J connectivity index is 2.06. The fourth-order valence-electron chi connectivity index (χ4n) is 2.22. The second-order valence-electron chi connectivity index (χ2n) is 5.08. The van der Waals surface area contributed by atoms with E-state index in [0.717, 1.165) is 6.42 Å². The molecule has 2 rings (SSSR count). The quantitative estimate of drug-likeness (QED) is 0.779. The first kappa shape index (κ1) is 18.1. The van der Waals surface area contributed by atoms with Crippen molar-refractivity contribution in [2.24, 2.45) is 0 Å². The number of hydrogen-bond acceptors (Lipinski definition) is 4. The maximum absolute atomic E-state index is 12.5. The van der Waals surface area contributed by atoms with Crippen LogP contribution in [0.25, 0.3) is 0 Å². The summed E-state index contributed by atoms with van der Waals surface area (Å²) in [5.41, 5.74) is 0.564. The summed E-state index contributed by atoms with van der Waals surface area (Å²) < 4.78 is 11.0. The molecule has 0 saturated carbocycles. The zero-order valence-corrected chi connectivity index (χ0v) is 15.1. The molecule has 0 bridgehead atoms. The predicted octanol–water partition coefficient (Wildman–Crippen LogP) is 3.54. The Hall–Kier alpha value is -2.28. The van der Waals surface area contributed by atoms with Gasteiger partial charge in [-0.05, 0) is 46.6 Å². The van der Waals surface area contributed by atoms with Crippen molar-refractivity contribution >= 4 is 33.4 Å². The Labute approximate surface area is 148 Å². The lowest BCUT2D eigenvalue weighted by molar-refractivity contribution is -0.116. The molecule has 24 heavy (non-hydrogen) atoms. The second kappa shape index (κ2) is 8.54. The number of methoxy groups -OCH3 is 1. The molecule has 0 spiro atoms. The van der Waals surface area contributed by atoms with Crippen molar-refractivity contribution in [3.63, 3.8) is 0 Å². The average Bonchev–Trinajstić information content (AvgIpc) is 3.00. The minimum absolute atomic E-state index is 0.0664. The summed E-state index contributed by atoms with van der Waals surface area (Å²) in [5, 5.41) is 2.76. The van der Waals surface area contributed by atoms with E-state index in [9.17, 15) is 9.59 Å². The Morgan fingerprint density at radius 3 is 2.62 bits per heavy atom. The smallest absolute Gasteiger partial charge is 0.290 e. The van der Waals surface area contributed by atoms with E-state index in [1.54, 1.807) is 30.3 Å². The SMILES string of the molecule is CCCN(CC(=O)Nc1ccccc1OC)C(=O)c1ccc(Br)o1. The van der Waals surface area contributed by atoms with Crippen LogP contribution < -0.4 is 10.1 Å². The van der Waals surface area contributed by atoms with E-state index in [-0.39, 0.29) is 24.1 Å². The van der Waals surface area contributed by atoms with E-state index >= 15 is 0 Å². The molecular formula is C17H19BrN2O4. The van der Waals surface area contributed by atoms with E-state index in [2.05, 4.69) is 21.2 Å². The highest BCUT2D eigenvalue weighted by molar-refractivity contribution is 9.10. The van der Waals surface area contributed by atoms with Gasteiger partial charge in [-0.2, -0.15) is 0 Å². The van der Waals surface area contributed by atoms with Crippen LogP contribution in [0.3, 0.4) is 0 Å². The number of nitrogens with zero attached hydrogens (tertiary/aromatic N) is 1. The molecule has 1 heterocycles.